The number of thiazole rings is 1. The summed E-state index contributed by atoms with van der Waals surface area (Å²) in [6.07, 6.45) is 2.57. The molecule has 12 heteroatoms. The van der Waals surface area contributed by atoms with Crippen molar-refractivity contribution in [2.45, 2.75) is 32.6 Å². The fourth-order valence-corrected chi connectivity index (χ4v) is 7.83. The molecule has 0 N–H and O–H groups in total. The lowest BCUT2D eigenvalue weighted by Crippen LogP contribution is -2.37. The SMILES string of the molecule is CC(C)CN(CC(C)C)S(=O)(=O)c1ccc(C(=O)N(/N=C/c2coc3ccccc3c2=O)c2nc3ccc(Br)cc3s2)cc1. The van der Waals surface area contributed by atoms with Gasteiger partial charge in [0.25, 0.3) is 5.91 Å². The number of hydrazone groups is 1. The zero-order chi connectivity index (χ0) is 31.6. The lowest BCUT2D eigenvalue weighted by Gasteiger charge is -2.25. The highest BCUT2D eigenvalue weighted by molar-refractivity contribution is 9.10. The summed E-state index contributed by atoms with van der Waals surface area (Å²) in [4.78, 5) is 31.7. The Morgan fingerprint density at radius 2 is 1.70 bits per heavy atom. The van der Waals surface area contributed by atoms with Gasteiger partial charge in [0.1, 0.15) is 11.8 Å². The van der Waals surface area contributed by atoms with Crippen molar-refractivity contribution in [3.63, 3.8) is 0 Å². The number of amides is 1. The minimum Gasteiger partial charge on any atom is -0.463 e. The molecule has 9 nitrogen and oxygen atoms in total. The summed E-state index contributed by atoms with van der Waals surface area (Å²) in [5, 5.41) is 6.18. The van der Waals surface area contributed by atoms with E-state index in [4.69, 9.17) is 4.42 Å². The number of anilines is 1. The predicted molar refractivity (Wildman–Crippen MR) is 179 cm³/mol. The van der Waals surface area contributed by atoms with Crippen molar-refractivity contribution in [3.05, 3.63) is 98.8 Å². The molecule has 5 rings (SSSR count). The summed E-state index contributed by atoms with van der Waals surface area (Å²) in [6.45, 7) is 8.68. The van der Waals surface area contributed by atoms with Gasteiger partial charge in [-0.1, -0.05) is 67.1 Å². The van der Waals surface area contributed by atoms with Crippen molar-refractivity contribution < 1.29 is 17.6 Å². The fourth-order valence-electron chi connectivity index (χ4n) is 4.59. The van der Waals surface area contributed by atoms with Crippen LogP contribution in [0, 0.1) is 11.8 Å². The zero-order valence-corrected chi connectivity index (χ0v) is 27.8. The molecule has 0 radical (unpaired) electrons. The van der Waals surface area contributed by atoms with Gasteiger partial charge in [-0.25, -0.2) is 13.4 Å². The van der Waals surface area contributed by atoms with Gasteiger partial charge in [0.05, 0.1) is 32.3 Å². The number of fused-ring (bicyclic) bond motifs is 2. The van der Waals surface area contributed by atoms with Gasteiger partial charge in [-0.05, 0) is 66.4 Å². The first-order valence-corrected chi connectivity index (χ1v) is 17.0. The fraction of sp³-hybridized carbons (Fsp3) is 0.250. The Bertz CT molecular complexity index is 2010. The maximum absolute atomic E-state index is 13.9. The molecule has 0 fully saturated rings. The Morgan fingerprint density at radius 3 is 2.39 bits per heavy atom. The molecule has 0 atom stereocenters. The molecule has 5 aromatic rings. The standard InChI is InChI=1S/C32H31BrN4O5S2/c1-20(2)17-36(18-21(3)4)44(40,41)25-12-9-22(10-13-25)31(39)37(32-35-27-14-11-24(33)15-29(27)43-32)34-16-23-19-42-28-8-6-5-7-26(28)30(23)38/h5-16,19-21H,17-18H2,1-4H3/b34-16+. The van der Waals surface area contributed by atoms with Crippen LogP contribution in [-0.2, 0) is 10.0 Å². The molecule has 0 aliphatic rings. The molecule has 1 amide bonds. The first-order chi connectivity index (χ1) is 20.9. The van der Waals surface area contributed by atoms with E-state index in [-0.39, 0.29) is 38.4 Å². The van der Waals surface area contributed by atoms with Crippen LogP contribution < -0.4 is 10.4 Å². The third-order valence-corrected chi connectivity index (χ3v) is 9.94. The molecule has 2 heterocycles. The van der Waals surface area contributed by atoms with E-state index < -0.39 is 15.9 Å². The van der Waals surface area contributed by atoms with Gasteiger partial charge in [-0.15, -0.1) is 0 Å². The van der Waals surface area contributed by atoms with Crippen molar-refractivity contribution in [3.8, 4) is 0 Å². The molecule has 0 spiro atoms. The Balaban J connectivity index is 1.52. The maximum atomic E-state index is 13.9. The average Bonchev–Trinajstić information content (AvgIpc) is 3.40. The quantitative estimate of drug-likeness (QED) is 0.113. The minimum absolute atomic E-state index is 0.101. The van der Waals surface area contributed by atoms with Crippen LogP contribution in [0.3, 0.4) is 0 Å². The summed E-state index contributed by atoms with van der Waals surface area (Å²) in [5.74, 6) is -0.250. The Labute approximate surface area is 268 Å². The van der Waals surface area contributed by atoms with E-state index in [1.807, 2.05) is 45.9 Å². The van der Waals surface area contributed by atoms with Crippen LogP contribution in [0.15, 0.2) is 96.7 Å². The molecule has 0 unspecified atom stereocenters. The smallest absolute Gasteiger partial charge is 0.280 e. The maximum Gasteiger partial charge on any atom is 0.280 e. The Hall–Kier alpha value is -3.71. The lowest BCUT2D eigenvalue weighted by atomic mass is 10.2. The molecular weight excluding hydrogens is 664 g/mol. The van der Waals surface area contributed by atoms with Crippen molar-refractivity contribution >= 4 is 75.7 Å². The number of hydrogen-bond acceptors (Lipinski definition) is 8. The van der Waals surface area contributed by atoms with E-state index in [1.54, 1.807) is 24.3 Å². The number of hydrogen-bond donors (Lipinski definition) is 0. The van der Waals surface area contributed by atoms with Crippen LogP contribution in [0.4, 0.5) is 5.13 Å². The number of nitrogens with zero attached hydrogens (tertiary/aromatic N) is 4. The van der Waals surface area contributed by atoms with E-state index in [0.29, 0.717) is 29.6 Å². The molecule has 0 saturated heterocycles. The van der Waals surface area contributed by atoms with Gasteiger partial charge in [0.2, 0.25) is 20.6 Å². The molecule has 44 heavy (non-hydrogen) atoms. The van der Waals surface area contributed by atoms with Crippen molar-refractivity contribution in [2.75, 3.05) is 18.1 Å². The number of benzene rings is 3. The van der Waals surface area contributed by atoms with Crippen molar-refractivity contribution in [2.24, 2.45) is 16.9 Å². The van der Waals surface area contributed by atoms with Crippen LogP contribution in [0.1, 0.15) is 43.6 Å². The zero-order valence-electron chi connectivity index (χ0n) is 24.6. The molecule has 0 aliphatic heterocycles. The molecule has 3 aromatic carbocycles. The van der Waals surface area contributed by atoms with Gasteiger partial charge < -0.3 is 4.42 Å². The number of para-hydroxylation sites is 1. The second-order valence-corrected chi connectivity index (χ2v) is 15.0. The normalized spacial score (nSPS) is 12.4. The van der Waals surface area contributed by atoms with Crippen LogP contribution >= 0.6 is 27.3 Å². The predicted octanol–water partition coefficient (Wildman–Crippen LogP) is 7.15. The second kappa shape index (κ2) is 13.1. The van der Waals surface area contributed by atoms with E-state index in [0.717, 1.165) is 14.2 Å². The van der Waals surface area contributed by atoms with E-state index in [1.165, 1.54) is 52.4 Å². The van der Waals surface area contributed by atoms with Crippen LogP contribution in [0.25, 0.3) is 21.2 Å². The molecule has 0 saturated carbocycles. The first kappa shape index (κ1) is 31.7. The number of carbonyl (C=O) groups is 1. The highest BCUT2D eigenvalue weighted by atomic mass is 79.9. The number of aromatic nitrogens is 1. The average molecular weight is 696 g/mol. The lowest BCUT2D eigenvalue weighted by molar-refractivity contribution is 0.0987. The van der Waals surface area contributed by atoms with Crippen LogP contribution in [0.5, 0.6) is 0 Å². The van der Waals surface area contributed by atoms with E-state index in [2.05, 4.69) is 26.0 Å². The third-order valence-electron chi connectivity index (χ3n) is 6.61. The molecular formula is C32H31BrN4O5S2. The molecule has 2 aromatic heterocycles. The highest BCUT2D eigenvalue weighted by Crippen LogP contribution is 2.32. The van der Waals surface area contributed by atoms with Gasteiger partial charge in [0, 0.05) is 23.1 Å². The summed E-state index contributed by atoms with van der Waals surface area (Å²) < 4.78 is 35.8. The highest BCUT2D eigenvalue weighted by Gasteiger charge is 2.27. The number of halogens is 1. The Morgan fingerprint density at radius 1 is 1.02 bits per heavy atom. The van der Waals surface area contributed by atoms with Crippen molar-refractivity contribution in [1.29, 1.82) is 0 Å². The van der Waals surface area contributed by atoms with E-state index >= 15 is 0 Å². The van der Waals surface area contributed by atoms with Crippen LogP contribution in [-0.4, -0.2) is 42.9 Å². The third kappa shape index (κ3) is 6.83. The number of rotatable bonds is 10. The number of carbonyl (C=O) groups excluding carboxylic acids is 1. The summed E-state index contributed by atoms with van der Waals surface area (Å²) in [7, 11) is -3.78. The topological polar surface area (TPSA) is 113 Å². The molecule has 228 valence electrons. The van der Waals surface area contributed by atoms with Gasteiger partial charge in [-0.2, -0.15) is 14.4 Å². The summed E-state index contributed by atoms with van der Waals surface area (Å²) >= 11 is 4.72. The van der Waals surface area contributed by atoms with Gasteiger partial charge >= 0.3 is 0 Å². The molecule has 0 aliphatic carbocycles. The first-order valence-electron chi connectivity index (χ1n) is 14.0. The number of sulfonamides is 1. The largest absolute Gasteiger partial charge is 0.463 e. The second-order valence-electron chi connectivity index (χ2n) is 11.1. The molecule has 0 bridgehead atoms. The summed E-state index contributed by atoms with van der Waals surface area (Å²) in [5.41, 5.74) is 1.17. The monoisotopic (exact) mass is 694 g/mol. The van der Waals surface area contributed by atoms with Gasteiger partial charge in [-0.3, -0.25) is 9.59 Å². The minimum atomic E-state index is -3.78. The summed E-state index contributed by atoms with van der Waals surface area (Å²) in [6, 6.07) is 18.2. The van der Waals surface area contributed by atoms with Crippen molar-refractivity contribution in [1.82, 2.24) is 9.29 Å². The Kier molecular flexibility index (Phi) is 9.45. The van der Waals surface area contributed by atoms with E-state index in [9.17, 15) is 18.0 Å². The van der Waals surface area contributed by atoms with Gasteiger partial charge in [0.15, 0.2) is 0 Å². The van der Waals surface area contributed by atoms with Crippen LogP contribution in [0.2, 0.25) is 0 Å².